The summed E-state index contributed by atoms with van der Waals surface area (Å²) in [5, 5.41) is 24.1. The molecule has 1 saturated heterocycles. The van der Waals surface area contributed by atoms with E-state index in [1.54, 1.807) is 10.9 Å². The van der Waals surface area contributed by atoms with Crippen molar-refractivity contribution in [1.82, 2.24) is 25.6 Å². The van der Waals surface area contributed by atoms with Gasteiger partial charge in [-0.15, -0.1) is 5.10 Å². The number of nitrogens with zero attached hydrogens (tertiary/aromatic N) is 3. The number of benzene rings is 1. The largest absolute Gasteiger partial charge is 0.391 e. The Morgan fingerprint density at radius 2 is 2.08 bits per heavy atom. The number of aromatic nitrogens is 3. The second-order valence-corrected chi connectivity index (χ2v) is 6.12. The van der Waals surface area contributed by atoms with Gasteiger partial charge in [0.05, 0.1) is 18.3 Å². The number of hydrogen-bond donors (Lipinski definition) is 3. The molecule has 2 aromatic rings. The van der Waals surface area contributed by atoms with Crippen molar-refractivity contribution in [1.29, 1.82) is 0 Å². The van der Waals surface area contributed by atoms with Gasteiger partial charge in [0.2, 0.25) is 0 Å². The molecule has 1 fully saturated rings. The highest BCUT2D eigenvalue weighted by molar-refractivity contribution is 5.91. The summed E-state index contributed by atoms with van der Waals surface area (Å²) in [4.78, 5) is 12.1. The van der Waals surface area contributed by atoms with Crippen LogP contribution in [0.3, 0.4) is 0 Å². The van der Waals surface area contributed by atoms with Crippen molar-refractivity contribution in [3.63, 3.8) is 0 Å². The van der Waals surface area contributed by atoms with Crippen LogP contribution >= 0.6 is 0 Å². The van der Waals surface area contributed by atoms with Gasteiger partial charge in [0.1, 0.15) is 0 Å². The first-order valence-electron chi connectivity index (χ1n) is 8.35. The highest BCUT2D eigenvalue weighted by atomic mass is 16.3. The summed E-state index contributed by atoms with van der Waals surface area (Å²) in [6, 6.07) is 10.00. The predicted octanol–water partition coefficient (Wildman–Crippen LogP) is 0.536. The Morgan fingerprint density at radius 3 is 2.83 bits per heavy atom. The summed E-state index contributed by atoms with van der Waals surface area (Å²) in [6.07, 6.45) is 3.54. The van der Waals surface area contributed by atoms with Crippen molar-refractivity contribution in [3.8, 4) is 0 Å². The Labute approximate surface area is 141 Å². The standard InChI is InChI=1S/C17H23N5O2/c23-15(10-13-4-2-1-3-5-13)11-19-17(24)16-12-22(21-20-16)14-6-8-18-9-7-14/h1-5,12,14-15,18,23H,6-11H2,(H,19,24). The topological polar surface area (TPSA) is 92.1 Å². The average Bonchev–Trinajstić information content (AvgIpc) is 3.11. The van der Waals surface area contributed by atoms with Crippen LogP contribution in [0.25, 0.3) is 0 Å². The first-order valence-corrected chi connectivity index (χ1v) is 8.35. The molecule has 0 spiro atoms. The second-order valence-electron chi connectivity index (χ2n) is 6.12. The molecule has 1 amide bonds. The predicted molar refractivity (Wildman–Crippen MR) is 89.6 cm³/mol. The molecule has 2 heterocycles. The minimum atomic E-state index is -0.629. The smallest absolute Gasteiger partial charge is 0.273 e. The highest BCUT2D eigenvalue weighted by Gasteiger charge is 2.19. The van der Waals surface area contributed by atoms with E-state index < -0.39 is 6.10 Å². The molecule has 3 N–H and O–H groups in total. The maximum Gasteiger partial charge on any atom is 0.273 e. The molecular weight excluding hydrogens is 306 g/mol. The lowest BCUT2D eigenvalue weighted by atomic mass is 10.1. The number of carbonyl (C=O) groups is 1. The third kappa shape index (κ3) is 4.39. The van der Waals surface area contributed by atoms with Gasteiger partial charge >= 0.3 is 0 Å². The van der Waals surface area contributed by atoms with Crippen molar-refractivity contribution in [3.05, 3.63) is 47.8 Å². The first kappa shape index (κ1) is 16.6. The van der Waals surface area contributed by atoms with Crippen molar-refractivity contribution in [2.45, 2.75) is 31.4 Å². The molecule has 0 saturated carbocycles. The van der Waals surface area contributed by atoms with Gasteiger partial charge in [0.15, 0.2) is 5.69 Å². The molecule has 1 aliphatic heterocycles. The number of aliphatic hydroxyl groups excluding tert-OH is 1. The molecule has 0 radical (unpaired) electrons. The van der Waals surface area contributed by atoms with Gasteiger partial charge < -0.3 is 15.7 Å². The molecular formula is C17H23N5O2. The van der Waals surface area contributed by atoms with Crippen LogP contribution in [0.1, 0.15) is 34.9 Å². The van der Waals surface area contributed by atoms with Crippen LogP contribution in [0.4, 0.5) is 0 Å². The van der Waals surface area contributed by atoms with Gasteiger partial charge in [-0.2, -0.15) is 0 Å². The third-order valence-electron chi connectivity index (χ3n) is 4.24. The van der Waals surface area contributed by atoms with Crippen LogP contribution in [-0.2, 0) is 6.42 Å². The minimum Gasteiger partial charge on any atom is -0.391 e. The van der Waals surface area contributed by atoms with Crippen LogP contribution in [0, 0.1) is 0 Å². The van der Waals surface area contributed by atoms with E-state index in [0.717, 1.165) is 31.5 Å². The quantitative estimate of drug-likeness (QED) is 0.719. The maximum atomic E-state index is 12.1. The van der Waals surface area contributed by atoms with E-state index in [1.165, 1.54) is 0 Å². The van der Waals surface area contributed by atoms with Crippen molar-refractivity contribution >= 4 is 5.91 Å². The number of aliphatic hydroxyl groups is 1. The Bertz CT molecular complexity index is 652. The lowest BCUT2D eigenvalue weighted by molar-refractivity contribution is 0.0911. The molecule has 128 valence electrons. The summed E-state index contributed by atoms with van der Waals surface area (Å²) < 4.78 is 1.77. The molecule has 24 heavy (non-hydrogen) atoms. The summed E-state index contributed by atoms with van der Waals surface area (Å²) in [5.74, 6) is -0.303. The SMILES string of the molecule is O=C(NCC(O)Cc1ccccc1)c1cn(C2CCNCC2)nn1. The molecule has 7 nitrogen and oxygen atoms in total. The van der Waals surface area contributed by atoms with E-state index in [1.807, 2.05) is 30.3 Å². The van der Waals surface area contributed by atoms with Crippen LogP contribution < -0.4 is 10.6 Å². The summed E-state index contributed by atoms with van der Waals surface area (Å²) in [6.45, 7) is 2.10. The third-order valence-corrected chi connectivity index (χ3v) is 4.24. The fourth-order valence-electron chi connectivity index (χ4n) is 2.89. The van der Waals surface area contributed by atoms with Gasteiger partial charge in [0, 0.05) is 13.0 Å². The Balaban J connectivity index is 1.49. The van der Waals surface area contributed by atoms with Gasteiger partial charge in [-0.05, 0) is 31.5 Å². The number of amides is 1. The highest BCUT2D eigenvalue weighted by Crippen LogP contribution is 2.16. The van der Waals surface area contributed by atoms with Crippen LogP contribution in [0.15, 0.2) is 36.5 Å². The average molecular weight is 329 g/mol. The number of carbonyl (C=O) groups excluding carboxylic acids is 1. The number of piperidine rings is 1. The van der Waals surface area contributed by atoms with Gasteiger partial charge in [-0.1, -0.05) is 35.5 Å². The Hall–Kier alpha value is -2.25. The fraction of sp³-hybridized carbons (Fsp3) is 0.471. The van der Waals surface area contributed by atoms with Gasteiger partial charge in [0.25, 0.3) is 5.91 Å². The number of hydrogen-bond acceptors (Lipinski definition) is 5. The summed E-state index contributed by atoms with van der Waals surface area (Å²) in [7, 11) is 0. The van der Waals surface area contributed by atoms with E-state index in [4.69, 9.17) is 0 Å². The summed E-state index contributed by atoms with van der Waals surface area (Å²) >= 11 is 0. The normalized spacial score (nSPS) is 16.7. The molecule has 0 aliphatic carbocycles. The lowest BCUT2D eigenvalue weighted by Crippen LogP contribution is -2.33. The van der Waals surface area contributed by atoms with Crippen molar-refractivity contribution < 1.29 is 9.90 Å². The van der Waals surface area contributed by atoms with Gasteiger partial charge in [-0.25, -0.2) is 4.68 Å². The zero-order valence-electron chi connectivity index (χ0n) is 13.6. The fourth-order valence-corrected chi connectivity index (χ4v) is 2.89. The van der Waals surface area contributed by atoms with Crippen molar-refractivity contribution in [2.75, 3.05) is 19.6 Å². The molecule has 1 atom stereocenters. The molecule has 1 aromatic heterocycles. The summed E-state index contributed by atoms with van der Waals surface area (Å²) in [5.41, 5.74) is 1.33. The minimum absolute atomic E-state index is 0.188. The van der Waals surface area contributed by atoms with E-state index in [-0.39, 0.29) is 12.5 Å². The first-order chi connectivity index (χ1) is 11.7. The molecule has 7 heteroatoms. The van der Waals surface area contributed by atoms with Crippen LogP contribution in [-0.4, -0.2) is 51.7 Å². The zero-order chi connectivity index (χ0) is 16.8. The van der Waals surface area contributed by atoms with Gasteiger partial charge in [-0.3, -0.25) is 4.79 Å². The Morgan fingerprint density at radius 1 is 1.33 bits per heavy atom. The van der Waals surface area contributed by atoms with Crippen LogP contribution in [0.2, 0.25) is 0 Å². The van der Waals surface area contributed by atoms with E-state index in [0.29, 0.717) is 18.2 Å². The monoisotopic (exact) mass is 329 g/mol. The Kier molecular flexibility index (Phi) is 5.55. The van der Waals surface area contributed by atoms with E-state index in [9.17, 15) is 9.90 Å². The molecule has 1 aromatic carbocycles. The zero-order valence-corrected chi connectivity index (χ0v) is 13.6. The molecule has 3 rings (SSSR count). The molecule has 0 bridgehead atoms. The number of rotatable bonds is 6. The molecule has 1 aliphatic rings. The van der Waals surface area contributed by atoms with Crippen molar-refractivity contribution in [2.24, 2.45) is 0 Å². The second kappa shape index (κ2) is 8.03. The molecule has 1 unspecified atom stereocenters. The number of nitrogens with one attached hydrogen (secondary N) is 2. The maximum absolute atomic E-state index is 12.1. The lowest BCUT2D eigenvalue weighted by Gasteiger charge is -2.22. The van der Waals surface area contributed by atoms with E-state index >= 15 is 0 Å². The van der Waals surface area contributed by atoms with Crippen LogP contribution in [0.5, 0.6) is 0 Å². The van der Waals surface area contributed by atoms with E-state index in [2.05, 4.69) is 20.9 Å².